The average Bonchev–Trinajstić information content (AvgIpc) is 3.03. The molecule has 0 bridgehead atoms. The van der Waals surface area contributed by atoms with Crippen LogP contribution in [0.1, 0.15) is 43.6 Å². The second-order valence-corrected chi connectivity index (χ2v) is 7.51. The molecule has 1 spiro atoms. The summed E-state index contributed by atoms with van der Waals surface area (Å²) >= 11 is 0. The van der Waals surface area contributed by atoms with Gasteiger partial charge in [0.05, 0.1) is 6.61 Å². The molecule has 2 atom stereocenters. The van der Waals surface area contributed by atoms with Gasteiger partial charge in [0.25, 0.3) is 5.91 Å². The number of hydrazine groups is 2. The van der Waals surface area contributed by atoms with E-state index in [4.69, 9.17) is 4.74 Å². The minimum atomic E-state index is -0.560. The van der Waals surface area contributed by atoms with Crippen molar-refractivity contribution in [3.05, 3.63) is 66.0 Å². The molecule has 1 heterocycles. The van der Waals surface area contributed by atoms with E-state index in [-0.39, 0.29) is 17.6 Å². The fraction of sp³-hybridized carbons (Fsp3) is 0.409. The average molecular weight is 383 g/mol. The Morgan fingerprint density at radius 3 is 2.68 bits per heavy atom. The molecule has 1 saturated carbocycles. The van der Waals surface area contributed by atoms with Gasteiger partial charge < -0.3 is 4.74 Å². The normalized spacial score (nSPS) is 25.0. The van der Waals surface area contributed by atoms with Crippen LogP contribution in [0.5, 0.6) is 5.75 Å². The molecule has 2 aromatic carbocycles. The lowest BCUT2D eigenvalue weighted by atomic mass is 9.69. The molecule has 1 aliphatic heterocycles. The highest BCUT2D eigenvalue weighted by molar-refractivity contribution is 5.89. The maximum atomic E-state index is 13.0. The number of nitrogens with zero attached hydrogens (tertiary/aromatic N) is 1. The third-order valence-electron chi connectivity index (χ3n) is 5.87. The summed E-state index contributed by atoms with van der Waals surface area (Å²) in [5.41, 5.74) is 6.61. The van der Waals surface area contributed by atoms with Crippen molar-refractivity contribution in [1.82, 2.24) is 16.0 Å². The van der Waals surface area contributed by atoms with E-state index in [1.807, 2.05) is 18.2 Å². The molecule has 1 unspecified atom stereocenters. The lowest BCUT2D eigenvalue weighted by molar-refractivity contribution is -0.129. The number of hydrogen-bond donors (Lipinski definition) is 2. The lowest BCUT2D eigenvalue weighted by Crippen LogP contribution is -2.57. The molecular formula is C22H26FN3O2. The van der Waals surface area contributed by atoms with E-state index < -0.39 is 5.54 Å². The van der Waals surface area contributed by atoms with Crippen molar-refractivity contribution in [2.75, 3.05) is 13.2 Å². The third kappa shape index (κ3) is 3.62. The van der Waals surface area contributed by atoms with Crippen molar-refractivity contribution < 1.29 is 13.9 Å². The maximum absolute atomic E-state index is 13.0. The van der Waals surface area contributed by atoms with Gasteiger partial charge in [-0.2, -0.15) is 5.53 Å². The highest BCUT2D eigenvalue weighted by Crippen LogP contribution is 2.45. The summed E-state index contributed by atoms with van der Waals surface area (Å²) in [6, 6.07) is 16.4. The molecule has 1 amide bonds. The Labute approximate surface area is 164 Å². The van der Waals surface area contributed by atoms with Crippen molar-refractivity contribution in [2.24, 2.45) is 0 Å². The maximum Gasteiger partial charge on any atom is 0.257 e. The largest absolute Gasteiger partial charge is 0.494 e. The van der Waals surface area contributed by atoms with Crippen LogP contribution in [0.15, 0.2) is 54.6 Å². The highest BCUT2D eigenvalue weighted by Gasteiger charge is 2.55. The summed E-state index contributed by atoms with van der Waals surface area (Å²) < 4.78 is 18.7. The first kappa shape index (κ1) is 18.9. The Kier molecular flexibility index (Phi) is 5.59. The Balaban J connectivity index is 1.44. The lowest BCUT2D eigenvalue weighted by Gasteiger charge is -2.44. The number of ether oxygens (including phenoxy) is 1. The first-order valence-corrected chi connectivity index (χ1v) is 9.97. The molecular weight excluding hydrogens is 357 g/mol. The quantitative estimate of drug-likeness (QED) is 0.749. The second-order valence-electron chi connectivity index (χ2n) is 7.51. The summed E-state index contributed by atoms with van der Waals surface area (Å²) in [5, 5.41) is 2.07. The van der Waals surface area contributed by atoms with Crippen LogP contribution < -0.4 is 15.7 Å². The molecule has 1 aliphatic carbocycles. The van der Waals surface area contributed by atoms with Gasteiger partial charge in [-0.3, -0.25) is 10.2 Å². The van der Waals surface area contributed by atoms with E-state index in [2.05, 4.69) is 28.1 Å². The van der Waals surface area contributed by atoms with Crippen LogP contribution in [0, 0.1) is 5.82 Å². The monoisotopic (exact) mass is 383 g/mol. The molecule has 2 aliphatic rings. The predicted molar refractivity (Wildman–Crippen MR) is 105 cm³/mol. The Morgan fingerprint density at radius 1 is 1.11 bits per heavy atom. The first-order valence-electron chi connectivity index (χ1n) is 9.97. The highest BCUT2D eigenvalue weighted by atomic mass is 19.1. The van der Waals surface area contributed by atoms with E-state index in [0.717, 1.165) is 32.1 Å². The summed E-state index contributed by atoms with van der Waals surface area (Å²) in [7, 11) is 0. The minimum absolute atomic E-state index is 0.0560. The van der Waals surface area contributed by atoms with Gasteiger partial charge in [-0.15, -0.1) is 0 Å². The van der Waals surface area contributed by atoms with Gasteiger partial charge in [-0.05, 0) is 49.1 Å². The van der Waals surface area contributed by atoms with Gasteiger partial charge in [0.15, 0.2) is 0 Å². The number of carbonyl (C=O) groups excluding carboxylic acids is 1. The molecule has 2 fully saturated rings. The Bertz CT molecular complexity index is 799. The number of hydrogen-bond acceptors (Lipinski definition) is 4. The number of rotatable bonds is 6. The summed E-state index contributed by atoms with van der Waals surface area (Å²) in [4.78, 5) is 12.9. The van der Waals surface area contributed by atoms with E-state index >= 15 is 0 Å². The van der Waals surface area contributed by atoms with Crippen LogP contribution in [-0.2, 0) is 4.79 Å². The van der Waals surface area contributed by atoms with Crippen LogP contribution in [0.3, 0.4) is 0 Å². The number of benzene rings is 2. The molecule has 5 nitrogen and oxygen atoms in total. The van der Waals surface area contributed by atoms with Gasteiger partial charge in [0, 0.05) is 12.5 Å². The molecule has 1 saturated heterocycles. The summed E-state index contributed by atoms with van der Waals surface area (Å²) in [5.74, 6) is 0.597. The van der Waals surface area contributed by atoms with Crippen molar-refractivity contribution in [2.45, 2.75) is 43.6 Å². The van der Waals surface area contributed by atoms with Crippen molar-refractivity contribution in [3.63, 3.8) is 0 Å². The Hall–Kier alpha value is -2.44. The zero-order valence-electron chi connectivity index (χ0n) is 15.9. The molecule has 2 aromatic rings. The second kappa shape index (κ2) is 8.29. The van der Waals surface area contributed by atoms with Crippen LogP contribution in [-0.4, -0.2) is 29.6 Å². The first-order chi connectivity index (χ1) is 13.7. The molecule has 0 radical (unpaired) electrons. The van der Waals surface area contributed by atoms with E-state index in [0.29, 0.717) is 18.9 Å². The van der Waals surface area contributed by atoms with Crippen LogP contribution in [0.25, 0.3) is 0 Å². The topological polar surface area (TPSA) is 53.6 Å². The van der Waals surface area contributed by atoms with Gasteiger partial charge in [-0.25, -0.2) is 9.40 Å². The number of amides is 1. The van der Waals surface area contributed by atoms with Crippen LogP contribution in [0.2, 0.25) is 0 Å². The number of halogens is 1. The van der Waals surface area contributed by atoms with Gasteiger partial charge >= 0.3 is 0 Å². The van der Waals surface area contributed by atoms with Crippen LogP contribution >= 0.6 is 0 Å². The van der Waals surface area contributed by atoms with Gasteiger partial charge in [0.2, 0.25) is 0 Å². The fourth-order valence-electron chi connectivity index (χ4n) is 4.53. The predicted octanol–water partition coefficient (Wildman–Crippen LogP) is 3.54. The fourth-order valence-corrected chi connectivity index (χ4v) is 4.53. The molecule has 2 N–H and O–H groups in total. The van der Waals surface area contributed by atoms with Crippen molar-refractivity contribution in [3.8, 4) is 5.75 Å². The van der Waals surface area contributed by atoms with E-state index in [1.54, 1.807) is 12.1 Å². The van der Waals surface area contributed by atoms with Crippen LogP contribution in [0.4, 0.5) is 4.39 Å². The third-order valence-corrected chi connectivity index (χ3v) is 5.87. The van der Waals surface area contributed by atoms with E-state index in [9.17, 15) is 9.18 Å². The van der Waals surface area contributed by atoms with E-state index in [1.165, 1.54) is 17.7 Å². The molecule has 148 valence electrons. The SMILES string of the molecule is O=C1NNN(CCCOc2ccc(F)cc2)[C@]12CCCCC2c1ccccc1. The number of carbonyl (C=O) groups is 1. The van der Waals surface area contributed by atoms with Gasteiger partial charge in [0.1, 0.15) is 17.1 Å². The van der Waals surface area contributed by atoms with Gasteiger partial charge in [-0.1, -0.05) is 43.2 Å². The van der Waals surface area contributed by atoms with Crippen molar-refractivity contribution >= 4 is 5.91 Å². The smallest absolute Gasteiger partial charge is 0.257 e. The molecule has 0 aromatic heterocycles. The summed E-state index contributed by atoms with van der Waals surface area (Å²) in [6.45, 7) is 1.19. The molecule has 28 heavy (non-hydrogen) atoms. The zero-order chi connectivity index (χ0) is 19.4. The minimum Gasteiger partial charge on any atom is -0.494 e. The molecule has 6 heteroatoms. The Morgan fingerprint density at radius 2 is 1.89 bits per heavy atom. The van der Waals surface area contributed by atoms with Crippen molar-refractivity contribution in [1.29, 1.82) is 0 Å². The number of nitrogens with one attached hydrogen (secondary N) is 2. The standard InChI is InChI=1S/C22H26FN3O2/c23-18-10-12-19(13-11-18)28-16-6-15-26-22(21(27)24-25-26)14-5-4-9-20(22)17-7-2-1-3-8-17/h1-3,7-8,10-13,20,25H,4-6,9,14-16H2,(H,24,27)/t20?,22-/m0/s1. The zero-order valence-corrected chi connectivity index (χ0v) is 15.9. The molecule has 4 rings (SSSR count). The summed E-state index contributed by atoms with van der Waals surface area (Å²) in [6.07, 6.45) is 4.77.